The van der Waals surface area contributed by atoms with Crippen LogP contribution in [0.5, 0.6) is 5.75 Å². The van der Waals surface area contributed by atoms with E-state index in [4.69, 9.17) is 4.74 Å². The molecule has 1 N–H and O–H groups in total. The topological polar surface area (TPSA) is 34.1 Å². The van der Waals surface area contributed by atoms with Crippen LogP contribution in [0, 0.1) is 0 Å². The second-order valence-electron chi connectivity index (χ2n) is 3.02. The van der Waals surface area contributed by atoms with Crippen LogP contribution in [0.3, 0.4) is 0 Å². The van der Waals surface area contributed by atoms with Crippen LogP contribution in [-0.2, 0) is 0 Å². The summed E-state index contributed by atoms with van der Waals surface area (Å²) in [6, 6.07) is 13.6. The molecule has 0 saturated heterocycles. The molecule has 2 rings (SSSR count). The molecule has 15 heavy (non-hydrogen) atoms. The summed E-state index contributed by atoms with van der Waals surface area (Å²) in [6.45, 7) is 0.440. The number of anilines is 1. The Labute approximate surface area is 88.7 Å². The van der Waals surface area contributed by atoms with Crippen molar-refractivity contribution in [3.63, 3.8) is 0 Å². The molecule has 0 spiro atoms. The number of aromatic nitrogens is 1. The first-order chi connectivity index (χ1) is 7.45. The van der Waals surface area contributed by atoms with Crippen molar-refractivity contribution in [2.24, 2.45) is 0 Å². The van der Waals surface area contributed by atoms with Crippen LogP contribution < -0.4 is 10.1 Å². The molecule has 0 unspecified atom stereocenters. The number of pyridine rings is 1. The van der Waals surface area contributed by atoms with Gasteiger partial charge in [0.1, 0.15) is 5.75 Å². The van der Waals surface area contributed by atoms with Crippen molar-refractivity contribution < 1.29 is 4.74 Å². The molecule has 3 heteroatoms. The summed E-state index contributed by atoms with van der Waals surface area (Å²) in [5.74, 6) is 0.765. The van der Waals surface area contributed by atoms with E-state index in [1.165, 1.54) is 0 Å². The summed E-state index contributed by atoms with van der Waals surface area (Å²) >= 11 is 0. The predicted molar refractivity (Wildman–Crippen MR) is 59.8 cm³/mol. The molecular weight excluding hydrogens is 188 g/mol. The van der Waals surface area contributed by atoms with Crippen molar-refractivity contribution in [1.82, 2.24) is 4.98 Å². The highest BCUT2D eigenvalue weighted by molar-refractivity contribution is 5.42. The van der Waals surface area contributed by atoms with Gasteiger partial charge in [-0.2, -0.15) is 0 Å². The highest BCUT2D eigenvalue weighted by atomic mass is 16.5. The number of nitrogens with zero attached hydrogens (tertiary/aromatic N) is 1. The van der Waals surface area contributed by atoms with Crippen molar-refractivity contribution >= 4 is 5.69 Å². The molecule has 0 saturated carbocycles. The number of hydrogen-bond donors (Lipinski definition) is 1. The molecule has 0 aliphatic heterocycles. The van der Waals surface area contributed by atoms with E-state index in [0.29, 0.717) is 6.73 Å². The molecule has 0 amide bonds. The van der Waals surface area contributed by atoms with Crippen molar-refractivity contribution in [2.45, 2.75) is 0 Å². The maximum absolute atomic E-state index is 5.44. The fourth-order valence-corrected chi connectivity index (χ4v) is 1.19. The van der Waals surface area contributed by atoms with Gasteiger partial charge in [-0.3, -0.25) is 4.98 Å². The highest BCUT2D eigenvalue weighted by Gasteiger charge is 1.91. The third kappa shape index (κ3) is 2.98. The number of benzene rings is 1. The van der Waals surface area contributed by atoms with Gasteiger partial charge in [-0.05, 0) is 24.3 Å². The van der Waals surface area contributed by atoms with Gasteiger partial charge in [0.25, 0.3) is 0 Å². The van der Waals surface area contributed by atoms with E-state index >= 15 is 0 Å². The first-order valence-electron chi connectivity index (χ1n) is 4.77. The smallest absolute Gasteiger partial charge is 0.159 e. The summed E-state index contributed by atoms with van der Waals surface area (Å²) in [5, 5.41) is 3.14. The Morgan fingerprint density at radius 1 is 1.07 bits per heavy atom. The highest BCUT2D eigenvalue weighted by Crippen LogP contribution is 2.08. The Morgan fingerprint density at radius 2 is 1.93 bits per heavy atom. The van der Waals surface area contributed by atoms with Gasteiger partial charge < -0.3 is 10.1 Å². The Morgan fingerprint density at radius 3 is 2.67 bits per heavy atom. The molecule has 0 atom stereocenters. The van der Waals surface area contributed by atoms with Gasteiger partial charge in [-0.1, -0.05) is 18.2 Å². The van der Waals surface area contributed by atoms with Crippen molar-refractivity contribution in [3.8, 4) is 5.75 Å². The van der Waals surface area contributed by atoms with Crippen molar-refractivity contribution in [1.29, 1.82) is 0 Å². The van der Waals surface area contributed by atoms with E-state index in [-0.39, 0.29) is 0 Å². The van der Waals surface area contributed by atoms with E-state index in [1.807, 2.05) is 42.5 Å². The standard InChI is InChI=1S/C12H12N2O/c1-2-5-11(6-3-1)14-10-15-12-7-4-8-13-9-12/h1-9,14H,10H2. The molecular formula is C12H12N2O. The van der Waals surface area contributed by atoms with Crippen LogP contribution in [0.4, 0.5) is 5.69 Å². The van der Waals surface area contributed by atoms with E-state index in [0.717, 1.165) is 11.4 Å². The molecule has 0 radical (unpaired) electrons. The summed E-state index contributed by atoms with van der Waals surface area (Å²) in [5.41, 5.74) is 1.04. The Balaban J connectivity index is 1.81. The summed E-state index contributed by atoms with van der Waals surface area (Å²) in [7, 11) is 0. The number of para-hydroxylation sites is 1. The maximum atomic E-state index is 5.44. The van der Waals surface area contributed by atoms with Crippen LogP contribution in [0.25, 0.3) is 0 Å². The SMILES string of the molecule is c1ccc(NCOc2cccnc2)cc1. The lowest BCUT2D eigenvalue weighted by atomic mass is 10.3. The minimum atomic E-state index is 0.440. The van der Waals surface area contributed by atoms with Crippen LogP contribution in [0.2, 0.25) is 0 Å². The number of ether oxygens (including phenoxy) is 1. The number of nitrogens with one attached hydrogen (secondary N) is 1. The van der Waals surface area contributed by atoms with Gasteiger partial charge in [0.15, 0.2) is 6.73 Å². The second kappa shape index (κ2) is 5.00. The lowest BCUT2D eigenvalue weighted by molar-refractivity contribution is 0.345. The van der Waals surface area contributed by atoms with E-state index in [1.54, 1.807) is 12.4 Å². The van der Waals surface area contributed by atoms with Gasteiger partial charge in [0.2, 0.25) is 0 Å². The average molecular weight is 200 g/mol. The quantitative estimate of drug-likeness (QED) is 0.770. The Bertz CT molecular complexity index is 349. The molecule has 76 valence electrons. The fourth-order valence-electron chi connectivity index (χ4n) is 1.19. The van der Waals surface area contributed by atoms with Gasteiger partial charge in [-0.15, -0.1) is 0 Å². The summed E-state index contributed by atoms with van der Waals surface area (Å²) in [6.07, 6.45) is 3.41. The van der Waals surface area contributed by atoms with Crippen molar-refractivity contribution in [3.05, 3.63) is 54.9 Å². The van der Waals surface area contributed by atoms with Crippen LogP contribution in [0.15, 0.2) is 54.9 Å². The zero-order valence-electron chi connectivity index (χ0n) is 8.26. The Hall–Kier alpha value is -2.03. The largest absolute Gasteiger partial charge is 0.472 e. The van der Waals surface area contributed by atoms with E-state index in [9.17, 15) is 0 Å². The van der Waals surface area contributed by atoms with Crippen LogP contribution >= 0.6 is 0 Å². The van der Waals surface area contributed by atoms with Gasteiger partial charge >= 0.3 is 0 Å². The first-order valence-corrected chi connectivity index (χ1v) is 4.77. The normalized spacial score (nSPS) is 9.60. The van der Waals surface area contributed by atoms with E-state index < -0.39 is 0 Å². The van der Waals surface area contributed by atoms with Crippen LogP contribution in [0.1, 0.15) is 0 Å². The average Bonchev–Trinajstić information content (AvgIpc) is 2.32. The minimum absolute atomic E-state index is 0.440. The van der Waals surface area contributed by atoms with Crippen LogP contribution in [-0.4, -0.2) is 11.7 Å². The Kier molecular flexibility index (Phi) is 3.18. The minimum Gasteiger partial charge on any atom is -0.472 e. The predicted octanol–water partition coefficient (Wildman–Crippen LogP) is 2.53. The number of rotatable bonds is 4. The monoisotopic (exact) mass is 200 g/mol. The molecule has 0 aliphatic carbocycles. The molecule has 2 aromatic rings. The molecule has 0 fully saturated rings. The zero-order valence-corrected chi connectivity index (χ0v) is 8.26. The number of hydrogen-bond acceptors (Lipinski definition) is 3. The molecule has 0 bridgehead atoms. The van der Waals surface area contributed by atoms with Gasteiger partial charge in [0.05, 0.1) is 6.20 Å². The summed E-state index contributed by atoms with van der Waals surface area (Å²) < 4.78 is 5.44. The van der Waals surface area contributed by atoms with Gasteiger partial charge in [0, 0.05) is 11.9 Å². The second-order valence-corrected chi connectivity index (χ2v) is 3.02. The fraction of sp³-hybridized carbons (Fsp3) is 0.0833. The lowest BCUT2D eigenvalue weighted by Crippen LogP contribution is -2.08. The zero-order chi connectivity index (χ0) is 10.3. The van der Waals surface area contributed by atoms with Gasteiger partial charge in [-0.25, -0.2) is 0 Å². The summed E-state index contributed by atoms with van der Waals surface area (Å²) in [4.78, 5) is 3.96. The molecule has 3 nitrogen and oxygen atoms in total. The first kappa shape index (κ1) is 9.52. The van der Waals surface area contributed by atoms with Crippen molar-refractivity contribution in [2.75, 3.05) is 12.0 Å². The maximum Gasteiger partial charge on any atom is 0.159 e. The molecule has 1 aromatic carbocycles. The third-order valence-corrected chi connectivity index (χ3v) is 1.92. The third-order valence-electron chi connectivity index (χ3n) is 1.92. The van der Waals surface area contributed by atoms with E-state index in [2.05, 4.69) is 10.3 Å². The molecule has 0 aliphatic rings. The molecule has 1 heterocycles. The lowest BCUT2D eigenvalue weighted by Gasteiger charge is -2.07. The molecule has 1 aromatic heterocycles.